The highest BCUT2D eigenvalue weighted by Crippen LogP contribution is 2.29. The van der Waals surface area contributed by atoms with E-state index in [1.54, 1.807) is 0 Å². The summed E-state index contributed by atoms with van der Waals surface area (Å²) in [5.74, 6) is 0. The summed E-state index contributed by atoms with van der Waals surface area (Å²) in [4.78, 5) is 0. The van der Waals surface area contributed by atoms with E-state index in [1.807, 2.05) is 36.8 Å². The summed E-state index contributed by atoms with van der Waals surface area (Å²) in [6.07, 6.45) is -1.65. The van der Waals surface area contributed by atoms with E-state index < -0.39 is 11.7 Å². The summed E-state index contributed by atoms with van der Waals surface area (Å²) in [6.45, 7) is 0. The second kappa shape index (κ2) is 5.25. The topological polar surface area (TPSA) is 0 Å². The molecule has 0 atom stereocenters. The molecule has 2 aromatic rings. The van der Waals surface area contributed by atoms with Gasteiger partial charge in [0.15, 0.2) is 0 Å². The van der Waals surface area contributed by atoms with E-state index >= 15 is 0 Å². The van der Waals surface area contributed by atoms with E-state index in [0.717, 1.165) is 23.3 Å². The third kappa shape index (κ3) is 3.36. The molecule has 0 aromatic heterocycles. The Kier molecular flexibility index (Phi) is 3.70. The van der Waals surface area contributed by atoms with Crippen LogP contribution in [0.5, 0.6) is 0 Å². The van der Waals surface area contributed by atoms with E-state index in [4.69, 9.17) is 0 Å². The van der Waals surface area contributed by atoms with Crippen LogP contribution in [0.15, 0.2) is 54.6 Å². The predicted molar refractivity (Wildman–Crippen MR) is 65.0 cm³/mol. The Morgan fingerprint density at radius 3 is 2.00 bits per heavy atom. The van der Waals surface area contributed by atoms with Crippen molar-refractivity contribution in [3.05, 3.63) is 77.7 Å². The van der Waals surface area contributed by atoms with E-state index in [9.17, 15) is 13.2 Å². The third-order valence-electron chi connectivity index (χ3n) is 2.65. The van der Waals surface area contributed by atoms with Crippen molar-refractivity contribution < 1.29 is 13.2 Å². The zero-order chi connectivity index (χ0) is 13.0. The molecule has 0 N–H and O–H groups in total. The minimum atomic E-state index is -4.26. The van der Waals surface area contributed by atoms with Crippen LogP contribution in [-0.2, 0) is 12.6 Å². The summed E-state index contributed by atoms with van der Waals surface area (Å²) in [7, 11) is 0. The average molecular weight is 249 g/mol. The van der Waals surface area contributed by atoms with Crippen molar-refractivity contribution in [1.29, 1.82) is 0 Å². The second-order valence-corrected chi connectivity index (χ2v) is 4.01. The van der Waals surface area contributed by atoms with Crippen LogP contribution in [-0.4, -0.2) is 0 Å². The molecule has 0 aliphatic rings. The van der Waals surface area contributed by atoms with Crippen molar-refractivity contribution in [2.75, 3.05) is 0 Å². The Hall–Kier alpha value is -1.77. The summed E-state index contributed by atoms with van der Waals surface area (Å²) in [5, 5.41) is 0. The van der Waals surface area contributed by atoms with Gasteiger partial charge in [0, 0.05) is 0 Å². The largest absolute Gasteiger partial charge is 0.416 e. The Bertz CT molecular complexity index is 483. The lowest BCUT2D eigenvalue weighted by atomic mass is 10.0. The minimum Gasteiger partial charge on any atom is -0.166 e. The molecule has 0 aliphatic heterocycles. The van der Waals surface area contributed by atoms with E-state index in [-0.39, 0.29) is 0 Å². The van der Waals surface area contributed by atoms with Crippen LogP contribution in [0, 0.1) is 6.42 Å². The van der Waals surface area contributed by atoms with E-state index in [2.05, 4.69) is 0 Å². The zero-order valence-corrected chi connectivity index (χ0v) is 9.61. The van der Waals surface area contributed by atoms with Gasteiger partial charge in [0.25, 0.3) is 0 Å². The molecule has 0 spiro atoms. The SMILES string of the molecule is FC(F)(F)c1ccc(C[CH]c2ccccc2)cc1. The van der Waals surface area contributed by atoms with Crippen molar-refractivity contribution in [3.8, 4) is 0 Å². The van der Waals surface area contributed by atoms with Crippen molar-refractivity contribution in [2.45, 2.75) is 12.6 Å². The van der Waals surface area contributed by atoms with Crippen molar-refractivity contribution in [3.63, 3.8) is 0 Å². The van der Waals surface area contributed by atoms with Crippen LogP contribution >= 0.6 is 0 Å². The quantitative estimate of drug-likeness (QED) is 0.751. The summed E-state index contributed by atoms with van der Waals surface area (Å²) >= 11 is 0. The highest BCUT2D eigenvalue weighted by molar-refractivity contribution is 5.29. The first-order chi connectivity index (χ1) is 8.55. The first kappa shape index (κ1) is 12.7. The molecule has 93 valence electrons. The smallest absolute Gasteiger partial charge is 0.166 e. The molecule has 0 saturated heterocycles. The maximum absolute atomic E-state index is 12.4. The van der Waals surface area contributed by atoms with E-state index in [0.29, 0.717) is 6.42 Å². The Morgan fingerprint density at radius 2 is 1.44 bits per heavy atom. The Morgan fingerprint density at radius 1 is 0.833 bits per heavy atom. The van der Waals surface area contributed by atoms with Gasteiger partial charge in [0.1, 0.15) is 0 Å². The average Bonchev–Trinajstić information content (AvgIpc) is 2.37. The fourth-order valence-corrected chi connectivity index (χ4v) is 1.65. The maximum atomic E-state index is 12.4. The van der Waals surface area contributed by atoms with Gasteiger partial charge in [-0.25, -0.2) is 0 Å². The van der Waals surface area contributed by atoms with Gasteiger partial charge in [-0.3, -0.25) is 0 Å². The summed E-state index contributed by atoms with van der Waals surface area (Å²) in [6, 6.07) is 15.0. The van der Waals surface area contributed by atoms with Gasteiger partial charge >= 0.3 is 6.18 Å². The fourth-order valence-electron chi connectivity index (χ4n) is 1.65. The molecule has 0 nitrogen and oxygen atoms in total. The molecule has 2 aromatic carbocycles. The zero-order valence-electron chi connectivity index (χ0n) is 9.61. The van der Waals surface area contributed by atoms with Crippen molar-refractivity contribution >= 4 is 0 Å². The van der Waals surface area contributed by atoms with Gasteiger partial charge in [0.2, 0.25) is 0 Å². The molecule has 0 heterocycles. The molecule has 0 fully saturated rings. The molecular formula is C15H12F3. The van der Waals surface area contributed by atoms with Gasteiger partial charge < -0.3 is 0 Å². The molecule has 2 rings (SSSR count). The number of alkyl halides is 3. The van der Waals surface area contributed by atoms with Gasteiger partial charge in [0.05, 0.1) is 5.56 Å². The van der Waals surface area contributed by atoms with Crippen molar-refractivity contribution in [2.24, 2.45) is 0 Å². The normalized spacial score (nSPS) is 11.5. The Labute approximate surface area is 104 Å². The lowest BCUT2D eigenvalue weighted by Gasteiger charge is -2.07. The fraction of sp³-hybridized carbons (Fsp3) is 0.133. The van der Waals surface area contributed by atoms with Crippen LogP contribution in [0.25, 0.3) is 0 Å². The van der Waals surface area contributed by atoms with Crippen LogP contribution in [0.2, 0.25) is 0 Å². The standard InChI is InChI=1S/C15H12F3/c16-15(17,18)14-10-8-13(9-11-14)7-6-12-4-2-1-3-5-12/h1-6,8-11H,7H2. The highest BCUT2D eigenvalue weighted by atomic mass is 19.4. The molecule has 0 saturated carbocycles. The number of halogens is 3. The van der Waals surface area contributed by atoms with Gasteiger partial charge in [-0.1, -0.05) is 42.5 Å². The minimum absolute atomic E-state index is 0.606. The van der Waals surface area contributed by atoms with Crippen LogP contribution in [0.1, 0.15) is 16.7 Å². The molecule has 18 heavy (non-hydrogen) atoms. The molecule has 3 heteroatoms. The van der Waals surface area contributed by atoms with Gasteiger partial charge in [-0.15, -0.1) is 0 Å². The van der Waals surface area contributed by atoms with Gasteiger partial charge in [-0.2, -0.15) is 13.2 Å². The lowest BCUT2D eigenvalue weighted by molar-refractivity contribution is -0.137. The number of rotatable bonds is 3. The maximum Gasteiger partial charge on any atom is 0.416 e. The molecule has 0 aliphatic carbocycles. The summed E-state index contributed by atoms with van der Waals surface area (Å²) in [5.41, 5.74) is 1.33. The molecule has 0 unspecified atom stereocenters. The molecule has 0 amide bonds. The number of hydrogen-bond acceptors (Lipinski definition) is 0. The monoisotopic (exact) mass is 249 g/mol. The van der Waals surface area contributed by atoms with E-state index in [1.165, 1.54) is 12.1 Å². The predicted octanol–water partition coefficient (Wildman–Crippen LogP) is 4.50. The number of benzene rings is 2. The first-order valence-corrected chi connectivity index (χ1v) is 5.60. The number of hydrogen-bond donors (Lipinski definition) is 0. The summed E-state index contributed by atoms with van der Waals surface area (Å²) < 4.78 is 37.1. The van der Waals surface area contributed by atoms with Gasteiger partial charge in [-0.05, 0) is 36.1 Å². The van der Waals surface area contributed by atoms with Crippen LogP contribution < -0.4 is 0 Å². The molecule has 0 bridgehead atoms. The first-order valence-electron chi connectivity index (χ1n) is 5.60. The van der Waals surface area contributed by atoms with Crippen LogP contribution in [0.3, 0.4) is 0 Å². The lowest BCUT2D eigenvalue weighted by Crippen LogP contribution is -2.04. The third-order valence-corrected chi connectivity index (χ3v) is 2.65. The molecule has 1 radical (unpaired) electrons. The van der Waals surface area contributed by atoms with Crippen LogP contribution in [0.4, 0.5) is 13.2 Å². The molecular weight excluding hydrogens is 237 g/mol. The van der Waals surface area contributed by atoms with Crippen molar-refractivity contribution in [1.82, 2.24) is 0 Å². The Balaban J connectivity index is 1.99. The highest BCUT2D eigenvalue weighted by Gasteiger charge is 2.29. The second-order valence-electron chi connectivity index (χ2n) is 4.01.